The summed E-state index contributed by atoms with van der Waals surface area (Å²) >= 11 is 0. The fourth-order valence-corrected chi connectivity index (χ4v) is 1.80. The summed E-state index contributed by atoms with van der Waals surface area (Å²) in [7, 11) is 0. The van der Waals surface area contributed by atoms with Crippen LogP contribution in [-0.2, 0) is 23.9 Å². The van der Waals surface area contributed by atoms with Gasteiger partial charge in [0.25, 0.3) is 0 Å². The van der Waals surface area contributed by atoms with Gasteiger partial charge in [-0.1, -0.05) is 20.3 Å². The molecule has 0 rings (SSSR count). The smallest absolute Gasteiger partial charge is 0.335 e. The van der Waals surface area contributed by atoms with Crippen molar-refractivity contribution in [1.29, 1.82) is 0 Å². The quantitative estimate of drug-likeness (QED) is 0.388. The number of hydrogen-bond donors (Lipinski definition) is 4. The normalized spacial score (nSPS) is 15.5. The molecule has 0 fully saturated rings. The van der Waals surface area contributed by atoms with E-state index in [1.807, 2.05) is 6.92 Å². The van der Waals surface area contributed by atoms with Gasteiger partial charge in [0.05, 0.1) is 13.0 Å². The van der Waals surface area contributed by atoms with Gasteiger partial charge in [-0.15, -0.1) is 0 Å². The third-order valence-corrected chi connectivity index (χ3v) is 3.48. The number of carboxylic acids is 1. The molecule has 0 saturated carbocycles. The maximum atomic E-state index is 12.2. The van der Waals surface area contributed by atoms with Crippen LogP contribution in [0.15, 0.2) is 0 Å². The van der Waals surface area contributed by atoms with Gasteiger partial charge in [0, 0.05) is 0 Å². The predicted octanol–water partition coefficient (Wildman–Crippen LogP) is -0.579. The molecule has 138 valence electrons. The van der Waals surface area contributed by atoms with Gasteiger partial charge in [-0.2, -0.15) is 0 Å². The molecule has 0 aromatic carbocycles. The minimum Gasteiger partial charge on any atom is -0.480 e. The van der Waals surface area contributed by atoms with E-state index in [4.69, 9.17) is 5.11 Å². The molecule has 0 aliphatic carbocycles. The molecule has 0 unspecified atom stereocenters. The molecule has 0 spiro atoms. The Kier molecular flexibility index (Phi) is 9.63. The summed E-state index contributed by atoms with van der Waals surface area (Å²) in [6.45, 7) is 6.48. The average Bonchev–Trinajstić information content (AvgIpc) is 2.51. The Morgan fingerprint density at radius 2 is 1.67 bits per heavy atom. The molecule has 0 aliphatic heterocycles. The van der Waals surface area contributed by atoms with Crippen molar-refractivity contribution in [2.75, 3.05) is 6.61 Å². The first kappa shape index (κ1) is 21.8. The Hall–Kier alpha value is -2.16. The molecular weight excluding hydrogens is 320 g/mol. The minimum atomic E-state index is -1.62. The summed E-state index contributed by atoms with van der Waals surface area (Å²) in [5.74, 6) is -3.74. The molecule has 0 bridgehead atoms. The van der Waals surface area contributed by atoms with E-state index in [2.05, 4.69) is 15.4 Å². The molecule has 0 heterocycles. The van der Waals surface area contributed by atoms with Gasteiger partial charge < -0.3 is 25.6 Å². The lowest BCUT2D eigenvalue weighted by Gasteiger charge is -2.25. The zero-order valence-electron chi connectivity index (χ0n) is 14.4. The summed E-state index contributed by atoms with van der Waals surface area (Å²) in [5.41, 5.74) is 0. The predicted molar refractivity (Wildman–Crippen MR) is 83.9 cm³/mol. The highest BCUT2D eigenvalue weighted by molar-refractivity contribution is 5.91. The van der Waals surface area contributed by atoms with Crippen LogP contribution in [0, 0.1) is 5.92 Å². The number of nitrogens with one attached hydrogen (secondary N) is 2. The molecule has 4 atom stereocenters. The van der Waals surface area contributed by atoms with Crippen molar-refractivity contribution in [3.05, 3.63) is 0 Å². The molecule has 0 aliphatic rings. The van der Waals surface area contributed by atoms with Crippen LogP contribution in [0.3, 0.4) is 0 Å². The topological polar surface area (TPSA) is 142 Å². The number of carbonyl (C=O) groups is 4. The van der Waals surface area contributed by atoms with E-state index in [0.717, 1.165) is 0 Å². The van der Waals surface area contributed by atoms with Gasteiger partial charge in [0.2, 0.25) is 11.8 Å². The van der Waals surface area contributed by atoms with E-state index >= 15 is 0 Å². The summed E-state index contributed by atoms with van der Waals surface area (Å²) in [6, 6.07) is -2.08. The van der Waals surface area contributed by atoms with E-state index in [9.17, 15) is 24.3 Å². The molecule has 0 radical (unpaired) electrons. The molecule has 9 heteroatoms. The van der Waals surface area contributed by atoms with Crippen LogP contribution < -0.4 is 10.6 Å². The number of ether oxygens (including phenoxy) is 1. The van der Waals surface area contributed by atoms with Crippen molar-refractivity contribution in [3.8, 4) is 0 Å². The Bertz CT molecular complexity index is 467. The number of hydrogen-bond acceptors (Lipinski definition) is 6. The molecule has 0 saturated heterocycles. The number of rotatable bonds is 10. The van der Waals surface area contributed by atoms with E-state index < -0.39 is 48.4 Å². The van der Waals surface area contributed by atoms with Crippen LogP contribution in [-0.4, -0.2) is 58.8 Å². The third-order valence-electron chi connectivity index (χ3n) is 3.48. The van der Waals surface area contributed by atoms with Crippen molar-refractivity contribution >= 4 is 23.8 Å². The van der Waals surface area contributed by atoms with Crippen LogP contribution in [0.25, 0.3) is 0 Å². The van der Waals surface area contributed by atoms with Gasteiger partial charge >= 0.3 is 11.9 Å². The first-order chi connectivity index (χ1) is 11.1. The van der Waals surface area contributed by atoms with Crippen LogP contribution in [0.5, 0.6) is 0 Å². The maximum absolute atomic E-state index is 12.2. The zero-order chi connectivity index (χ0) is 18.9. The van der Waals surface area contributed by atoms with E-state index in [-0.39, 0.29) is 12.5 Å². The Labute approximate surface area is 140 Å². The first-order valence-electron chi connectivity index (χ1n) is 7.81. The van der Waals surface area contributed by atoms with E-state index in [1.54, 1.807) is 13.8 Å². The highest BCUT2D eigenvalue weighted by atomic mass is 16.5. The van der Waals surface area contributed by atoms with Crippen molar-refractivity contribution < 1.29 is 34.1 Å². The zero-order valence-corrected chi connectivity index (χ0v) is 14.4. The Balaban J connectivity index is 4.84. The average molecular weight is 346 g/mol. The lowest BCUT2D eigenvalue weighted by molar-refractivity contribution is -0.155. The summed E-state index contributed by atoms with van der Waals surface area (Å²) < 4.78 is 4.59. The van der Waals surface area contributed by atoms with Gasteiger partial charge in [-0.3, -0.25) is 14.4 Å². The highest BCUT2D eigenvalue weighted by Gasteiger charge is 2.29. The first-order valence-corrected chi connectivity index (χ1v) is 7.81. The van der Waals surface area contributed by atoms with Crippen molar-refractivity contribution in [3.63, 3.8) is 0 Å². The number of aliphatic hydroxyl groups is 1. The van der Waals surface area contributed by atoms with Crippen LogP contribution in [0.1, 0.15) is 40.5 Å². The number of esters is 1. The van der Waals surface area contributed by atoms with Crippen LogP contribution in [0.2, 0.25) is 0 Å². The molecule has 9 nitrogen and oxygen atoms in total. The SMILES string of the molecule is CCOC(=O)[C@@H](O)CC(=O)N[C@H](C(=O)N[C@@H](C)C(=O)O)[C@@H](C)CC. The minimum absolute atomic E-state index is 0.0719. The molecule has 0 aromatic heterocycles. The highest BCUT2D eigenvalue weighted by Crippen LogP contribution is 2.09. The number of carbonyl (C=O) groups excluding carboxylic acids is 3. The van der Waals surface area contributed by atoms with Crippen molar-refractivity contribution in [2.45, 2.75) is 58.7 Å². The molecular formula is C15H26N2O7. The molecule has 24 heavy (non-hydrogen) atoms. The van der Waals surface area contributed by atoms with Crippen LogP contribution >= 0.6 is 0 Å². The number of carboxylic acid groups (broad SMARTS) is 1. The third kappa shape index (κ3) is 7.40. The molecule has 0 aromatic rings. The maximum Gasteiger partial charge on any atom is 0.335 e. The summed E-state index contributed by atoms with van der Waals surface area (Å²) in [5, 5.41) is 23.1. The largest absolute Gasteiger partial charge is 0.480 e. The van der Waals surface area contributed by atoms with E-state index in [0.29, 0.717) is 6.42 Å². The standard InChI is InChI=1S/C15H26N2O7/c1-5-8(3)12(13(20)16-9(4)14(21)22)17-11(19)7-10(18)15(23)24-6-2/h8-10,12,18H,5-7H2,1-4H3,(H,16,20)(H,17,19)(H,21,22)/t8-,9-,10-,12-/m0/s1. The second-order valence-electron chi connectivity index (χ2n) is 5.47. The van der Waals surface area contributed by atoms with Gasteiger partial charge in [-0.05, 0) is 19.8 Å². The summed E-state index contributed by atoms with van der Waals surface area (Å²) in [6.07, 6.45) is -1.61. The van der Waals surface area contributed by atoms with Crippen molar-refractivity contribution in [2.24, 2.45) is 5.92 Å². The molecule has 2 amide bonds. The summed E-state index contributed by atoms with van der Waals surface area (Å²) in [4.78, 5) is 46.2. The lowest BCUT2D eigenvalue weighted by Crippen LogP contribution is -2.53. The Morgan fingerprint density at radius 1 is 1.08 bits per heavy atom. The monoisotopic (exact) mass is 346 g/mol. The fourth-order valence-electron chi connectivity index (χ4n) is 1.80. The van der Waals surface area contributed by atoms with Gasteiger partial charge in [0.1, 0.15) is 12.1 Å². The van der Waals surface area contributed by atoms with Gasteiger partial charge in [0.15, 0.2) is 6.10 Å². The fraction of sp³-hybridized carbons (Fsp3) is 0.733. The number of amides is 2. The molecule has 4 N–H and O–H groups in total. The van der Waals surface area contributed by atoms with Crippen LogP contribution in [0.4, 0.5) is 0 Å². The second-order valence-corrected chi connectivity index (χ2v) is 5.47. The lowest BCUT2D eigenvalue weighted by atomic mass is 9.97. The van der Waals surface area contributed by atoms with Gasteiger partial charge in [-0.25, -0.2) is 4.79 Å². The number of aliphatic hydroxyl groups excluding tert-OH is 1. The number of aliphatic carboxylic acids is 1. The Morgan fingerprint density at radius 3 is 2.12 bits per heavy atom. The van der Waals surface area contributed by atoms with E-state index in [1.165, 1.54) is 6.92 Å². The second kappa shape index (κ2) is 10.6. The van der Waals surface area contributed by atoms with Crippen molar-refractivity contribution in [1.82, 2.24) is 10.6 Å².